The number of carbonyl (C=O) groups is 3. The highest BCUT2D eigenvalue weighted by molar-refractivity contribution is 9.10. The quantitative estimate of drug-likeness (QED) is 0.567. The molecule has 0 fully saturated rings. The van der Waals surface area contributed by atoms with Crippen molar-refractivity contribution in [3.8, 4) is 5.75 Å². The van der Waals surface area contributed by atoms with Gasteiger partial charge in [-0.05, 0) is 55.0 Å². The van der Waals surface area contributed by atoms with Gasteiger partial charge >= 0.3 is 5.97 Å². The van der Waals surface area contributed by atoms with Gasteiger partial charge in [-0.3, -0.25) is 14.4 Å². The molecule has 7 nitrogen and oxygen atoms in total. The average Bonchev–Trinajstić information content (AvgIpc) is 2.68. The summed E-state index contributed by atoms with van der Waals surface area (Å²) in [6.45, 7) is 1.34. The molecule has 0 saturated heterocycles. The molecular formula is C20H19BrN2O5. The van der Waals surface area contributed by atoms with Crippen LogP contribution in [0.1, 0.15) is 22.8 Å². The van der Waals surface area contributed by atoms with Crippen molar-refractivity contribution in [3.05, 3.63) is 69.8 Å². The maximum absolute atomic E-state index is 12.5. The van der Waals surface area contributed by atoms with Crippen molar-refractivity contribution < 1.29 is 24.2 Å². The number of methoxy groups -OCH3 is 1. The molecule has 2 amide bonds. The molecule has 2 aromatic carbocycles. The number of hydrogen-bond donors (Lipinski definition) is 3. The van der Waals surface area contributed by atoms with Crippen LogP contribution >= 0.6 is 15.9 Å². The monoisotopic (exact) mass is 446 g/mol. The molecule has 0 aromatic heterocycles. The van der Waals surface area contributed by atoms with Crippen LogP contribution in [0, 0.1) is 0 Å². The molecule has 0 saturated carbocycles. The molecule has 2 aromatic rings. The van der Waals surface area contributed by atoms with Crippen LogP contribution < -0.4 is 15.4 Å². The zero-order valence-corrected chi connectivity index (χ0v) is 16.8. The number of benzene rings is 2. The average molecular weight is 447 g/mol. The topological polar surface area (TPSA) is 105 Å². The largest absolute Gasteiger partial charge is 0.497 e. The summed E-state index contributed by atoms with van der Waals surface area (Å²) >= 11 is 3.29. The summed E-state index contributed by atoms with van der Waals surface area (Å²) < 4.78 is 5.90. The van der Waals surface area contributed by atoms with Gasteiger partial charge in [0.05, 0.1) is 7.11 Å². The lowest BCUT2D eigenvalue weighted by atomic mass is 10.1. The minimum absolute atomic E-state index is 0.0776. The third-order valence-electron chi connectivity index (χ3n) is 3.74. The molecule has 28 heavy (non-hydrogen) atoms. The van der Waals surface area contributed by atoms with Crippen molar-refractivity contribution in [3.63, 3.8) is 0 Å². The van der Waals surface area contributed by atoms with Crippen LogP contribution in [0.5, 0.6) is 5.75 Å². The molecule has 0 aliphatic heterocycles. The fourth-order valence-electron chi connectivity index (χ4n) is 2.16. The van der Waals surface area contributed by atoms with E-state index in [4.69, 9.17) is 9.84 Å². The van der Waals surface area contributed by atoms with E-state index in [1.165, 1.54) is 20.1 Å². The first-order chi connectivity index (χ1) is 13.3. The van der Waals surface area contributed by atoms with Gasteiger partial charge in [-0.25, -0.2) is 0 Å². The molecule has 0 radical (unpaired) electrons. The van der Waals surface area contributed by atoms with E-state index < -0.39 is 23.8 Å². The Morgan fingerprint density at radius 1 is 1.07 bits per heavy atom. The van der Waals surface area contributed by atoms with E-state index in [1.54, 1.807) is 48.5 Å². The smallest absolute Gasteiger partial charge is 0.325 e. The first kappa shape index (κ1) is 21.2. The van der Waals surface area contributed by atoms with E-state index in [0.717, 1.165) is 4.47 Å². The predicted octanol–water partition coefficient (Wildman–Crippen LogP) is 2.82. The molecule has 8 heteroatoms. The Labute approximate surface area is 170 Å². The van der Waals surface area contributed by atoms with Crippen LogP contribution in [0.25, 0.3) is 6.08 Å². The molecule has 0 heterocycles. The van der Waals surface area contributed by atoms with Gasteiger partial charge in [-0.1, -0.05) is 28.1 Å². The Kier molecular flexibility index (Phi) is 7.34. The van der Waals surface area contributed by atoms with Crippen LogP contribution in [0.2, 0.25) is 0 Å². The van der Waals surface area contributed by atoms with Crippen molar-refractivity contribution in [1.29, 1.82) is 0 Å². The molecule has 0 aliphatic rings. The second-order valence-corrected chi connectivity index (χ2v) is 6.74. The van der Waals surface area contributed by atoms with Crippen LogP contribution in [0.4, 0.5) is 0 Å². The summed E-state index contributed by atoms with van der Waals surface area (Å²) in [7, 11) is 1.54. The van der Waals surface area contributed by atoms with Gasteiger partial charge in [0.15, 0.2) is 0 Å². The van der Waals surface area contributed by atoms with E-state index >= 15 is 0 Å². The fourth-order valence-corrected chi connectivity index (χ4v) is 2.42. The Hall–Kier alpha value is -3.13. The first-order valence-electron chi connectivity index (χ1n) is 8.26. The Morgan fingerprint density at radius 2 is 1.68 bits per heavy atom. The lowest BCUT2D eigenvalue weighted by Gasteiger charge is -2.13. The van der Waals surface area contributed by atoms with Gasteiger partial charge in [0, 0.05) is 10.0 Å². The zero-order valence-electron chi connectivity index (χ0n) is 15.2. The van der Waals surface area contributed by atoms with Crippen molar-refractivity contribution in [2.45, 2.75) is 13.0 Å². The number of halogens is 1. The zero-order chi connectivity index (χ0) is 20.7. The van der Waals surface area contributed by atoms with Crippen LogP contribution in [-0.4, -0.2) is 36.0 Å². The van der Waals surface area contributed by atoms with Gasteiger partial charge in [-0.2, -0.15) is 0 Å². The highest BCUT2D eigenvalue weighted by Crippen LogP contribution is 2.15. The van der Waals surface area contributed by atoms with Gasteiger partial charge in [-0.15, -0.1) is 0 Å². The molecule has 3 N–H and O–H groups in total. The SMILES string of the molecule is COc1ccc(/C=C(\NC(=O)c2ccc(Br)cc2)C(=O)N[C@@H](C)C(=O)O)cc1. The number of carboxylic acids is 1. The van der Waals surface area contributed by atoms with Gasteiger partial charge < -0.3 is 20.5 Å². The van der Waals surface area contributed by atoms with E-state index in [1.807, 2.05) is 0 Å². The number of hydrogen-bond acceptors (Lipinski definition) is 4. The molecule has 2 rings (SSSR count). The minimum atomic E-state index is -1.18. The molecule has 0 bridgehead atoms. The molecule has 0 aliphatic carbocycles. The highest BCUT2D eigenvalue weighted by Gasteiger charge is 2.19. The molecule has 0 spiro atoms. The molecule has 0 unspecified atom stereocenters. The van der Waals surface area contributed by atoms with Crippen molar-refractivity contribution >= 4 is 39.8 Å². The molecule has 146 valence electrons. The van der Waals surface area contributed by atoms with Gasteiger partial charge in [0.1, 0.15) is 17.5 Å². The number of nitrogens with one attached hydrogen (secondary N) is 2. The molecule has 1 atom stereocenters. The number of carbonyl (C=O) groups excluding carboxylic acids is 2. The van der Waals surface area contributed by atoms with E-state index in [0.29, 0.717) is 16.9 Å². The summed E-state index contributed by atoms with van der Waals surface area (Å²) in [6.07, 6.45) is 1.46. The van der Waals surface area contributed by atoms with Gasteiger partial charge in [0.25, 0.3) is 11.8 Å². The summed E-state index contributed by atoms with van der Waals surface area (Å²) in [5, 5.41) is 13.9. The number of amides is 2. The van der Waals surface area contributed by atoms with Crippen LogP contribution in [-0.2, 0) is 9.59 Å². The standard InChI is InChI=1S/C20H19BrN2O5/c1-12(20(26)27)22-19(25)17(11-13-3-9-16(28-2)10-4-13)23-18(24)14-5-7-15(21)8-6-14/h3-12H,1-2H3,(H,22,25)(H,23,24)(H,26,27)/b17-11-/t12-/m0/s1. The van der Waals surface area contributed by atoms with E-state index in [-0.39, 0.29) is 5.70 Å². The Bertz CT molecular complexity index is 892. The molecular weight excluding hydrogens is 428 g/mol. The Balaban J connectivity index is 2.29. The highest BCUT2D eigenvalue weighted by atomic mass is 79.9. The summed E-state index contributed by atoms with van der Waals surface area (Å²) in [5.41, 5.74) is 0.902. The van der Waals surface area contributed by atoms with Crippen LogP contribution in [0.15, 0.2) is 58.7 Å². The van der Waals surface area contributed by atoms with E-state index in [2.05, 4.69) is 26.6 Å². The fraction of sp³-hybridized carbons (Fsp3) is 0.150. The second-order valence-electron chi connectivity index (χ2n) is 5.83. The predicted molar refractivity (Wildman–Crippen MR) is 108 cm³/mol. The number of ether oxygens (including phenoxy) is 1. The maximum Gasteiger partial charge on any atom is 0.325 e. The summed E-state index contributed by atoms with van der Waals surface area (Å²) in [4.78, 5) is 36.0. The van der Waals surface area contributed by atoms with E-state index in [9.17, 15) is 14.4 Å². The lowest BCUT2D eigenvalue weighted by molar-refractivity contribution is -0.140. The van der Waals surface area contributed by atoms with Crippen LogP contribution in [0.3, 0.4) is 0 Å². The number of rotatable bonds is 7. The van der Waals surface area contributed by atoms with Crippen molar-refractivity contribution in [1.82, 2.24) is 10.6 Å². The third-order valence-corrected chi connectivity index (χ3v) is 4.27. The summed E-state index contributed by atoms with van der Waals surface area (Å²) in [6, 6.07) is 12.3. The normalized spacial score (nSPS) is 12.0. The second kappa shape index (κ2) is 9.70. The number of aliphatic carboxylic acids is 1. The lowest BCUT2D eigenvalue weighted by Crippen LogP contribution is -2.42. The first-order valence-corrected chi connectivity index (χ1v) is 9.06. The maximum atomic E-state index is 12.5. The Morgan fingerprint density at radius 3 is 2.21 bits per heavy atom. The minimum Gasteiger partial charge on any atom is -0.497 e. The van der Waals surface area contributed by atoms with Gasteiger partial charge in [0.2, 0.25) is 0 Å². The van der Waals surface area contributed by atoms with Crippen molar-refractivity contribution in [2.75, 3.05) is 7.11 Å². The summed E-state index contributed by atoms with van der Waals surface area (Å²) in [5.74, 6) is -1.75. The third kappa shape index (κ3) is 5.95. The number of carboxylic acid groups (broad SMARTS) is 1. The van der Waals surface area contributed by atoms with Crippen molar-refractivity contribution in [2.24, 2.45) is 0 Å².